The Morgan fingerprint density at radius 1 is 1.05 bits per heavy atom. The summed E-state index contributed by atoms with van der Waals surface area (Å²) in [4.78, 5) is 14.3. The van der Waals surface area contributed by atoms with Crippen LogP contribution in [0.15, 0.2) is 60.7 Å². The minimum Gasteiger partial charge on any atom is -0.351 e. The van der Waals surface area contributed by atoms with Gasteiger partial charge >= 0.3 is 0 Å². The highest BCUT2D eigenvalue weighted by molar-refractivity contribution is 6.01. The number of anilines is 1. The number of benzene rings is 2. The van der Waals surface area contributed by atoms with E-state index in [0.29, 0.717) is 0 Å². The number of carbonyl (C=O) groups excluding carboxylic acids is 1. The smallest absolute Gasteiger partial charge is 0.261 e. The second kappa shape index (κ2) is 4.76. The van der Waals surface area contributed by atoms with Crippen LogP contribution in [-0.2, 0) is 9.53 Å². The SMILES string of the molecule is CN(C(=O)[C@]1(C)O[C@H]1c1ccccc1)c1ccccc1. The van der Waals surface area contributed by atoms with Gasteiger partial charge in [0.05, 0.1) is 0 Å². The Morgan fingerprint density at radius 3 is 2.20 bits per heavy atom. The van der Waals surface area contributed by atoms with Gasteiger partial charge in [0.1, 0.15) is 6.10 Å². The van der Waals surface area contributed by atoms with E-state index in [1.54, 1.807) is 11.9 Å². The van der Waals surface area contributed by atoms with Crippen molar-refractivity contribution in [1.29, 1.82) is 0 Å². The van der Waals surface area contributed by atoms with E-state index in [1.807, 2.05) is 67.6 Å². The molecule has 1 amide bonds. The van der Waals surface area contributed by atoms with E-state index in [-0.39, 0.29) is 12.0 Å². The first-order chi connectivity index (χ1) is 9.63. The predicted molar refractivity (Wildman–Crippen MR) is 78.5 cm³/mol. The second-order valence-electron chi connectivity index (χ2n) is 5.22. The molecule has 3 heteroatoms. The molecule has 0 aromatic heterocycles. The Hall–Kier alpha value is -2.13. The van der Waals surface area contributed by atoms with Gasteiger partial charge in [0, 0.05) is 12.7 Å². The molecule has 1 aliphatic rings. The molecule has 0 saturated carbocycles. The molecule has 2 atom stereocenters. The van der Waals surface area contributed by atoms with Gasteiger partial charge in [0.2, 0.25) is 0 Å². The number of ether oxygens (including phenoxy) is 1. The fraction of sp³-hybridized carbons (Fsp3) is 0.235. The summed E-state index contributed by atoms with van der Waals surface area (Å²) in [6.45, 7) is 1.85. The number of amides is 1. The first-order valence-electron chi connectivity index (χ1n) is 6.69. The molecule has 2 aromatic rings. The Balaban J connectivity index is 1.79. The van der Waals surface area contributed by atoms with Crippen molar-refractivity contribution in [3.8, 4) is 0 Å². The highest BCUT2D eigenvalue weighted by atomic mass is 16.6. The maximum Gasteiger partial charge on any atom is 0.261 e. The summed E-state index contributed by atoms with van der Waals surface area (Å²) < 4.78 is 5.70. The molecular weight excluding hydrogens is 250 g/mol. The summed E-state index contributed by atoms with van der Waals surface area (Å²) in [5.74, 6) is -0.0162. The molecule has 0 spiro atoms. The average Bonchev–Trinajstić information content (AvgIpc) is 3.21. The minimum absolute atomic E-state index is 0.0162. The standard InChI is InChI=1S/C17H17NO2/c1-17(15(20-17)13-9-5-3-6-10-13)16(19)18(2)14-11-7-4-8-12-14/h3-12,15H,1-2H3/t15-,17+/m0/s1. The Kier molecular flexibility index (Phi) is 3.07. The number of epoxide rings is 1. The number of hydrogen-bond donors (Lipinski definition) is 0. The van der Waals surface area contributed by atoms with Crippen molar-refractivity contribution in [1.82, 2.24) is 0 Å². The monoisotopic (exact) mass is 267 g/mol. The van der Waals surface area contributed by atoms with Crippen molar-refractivity contribution < 1.29 is 9.53 Å². The van der Waals surface area contributed by atoms with E-state index in [0.717, 1.165) is 11.3 Å². The predicted octanol–water partition coefficient (Wildman–Crippen LogP) is 3.18. The highest BCUT2D eigenvalue weighted by Crippen LogP contribution is 2.50. The lowest BCUT2D eigenvalue weighted by Gasteiger charge is -2.19. The molecule has 102 valence electrons. The van der Waals surface area contributed by atoms with Gasteiger partial charge in [-0.15, -0.1) is 0 Å². The van der Waals surface area contributed by atoms with Crippen LogP contribution in [0.3, 0.4) is 0 Å². The lowest BCUT2D eigenvalue weighted by molar-refractivity contribution is -0.122. The Morgan fingerprint density at radius 2 is 1.60 bits per heavy atom. The summed E-state index contributed by atoms with van der Waals surface area (Å²) in [6, 6.07) is 19.5. The molecule has 0 unspecified atom stereocenters. The maximum absolute atomic E-state index is 12.6. The topological polar surface area (TPSA) is 32.8 Å². The minimum atomic E-state index is -0.758. The summed E-state index contributed by atoms with van der Waals surface area (Å²) in [7, 11) is 1.78. The fourth-order valence-electron chi connectivity index (χ4n) is 2.49. The van der Waals surface area contributed by atoms with Gasteiger partial charge in [-0.3, -0.25) is 4.79 Å². The number of nitrogens with zero attached hydrogens (tertiary/aromatic N) is 1. The summed E-state index contributed by atoms with van der Waals surface area (Å²) >= 11 is 0. The quantitative estimate of drug-likeness (QED) is 0.800. The third-order valence-corrected chi connectivity index (χ3v) is 3.78. The van der Waals surface area contributed by atoms with Gasteiger partial charge in [0.25, 0.3) is 5.91 Å². The van der Waals surface area contributed by atoms with E-state index in [2.05, 4.69) is 0 Å². The normalized spacial score (nSPS) is 24.2. The third kappa shape index (κ3) is 2.10. The van der Waals surface area contributed by atoms with E-state index in [9.17, 15) is 4.79 Å². The molecule has 0 aliphatic carbocycles. The summed E-state index contributed by atoms with van der Waals surface area (Å²) in [5.41, 5.74) is 1.16. The van der Waals surface area contributed by atoms with Crippen molar-refractivity contribution in [3.63, 3.8) is 0 Å². The zero-order valence-electron chi connectivity index (χ0n) is 11.6. The first kappa shape index (κ1) is 12.9. The molecule has 20 heavy (non-hydrogen) atoms. The van der Waals surface area contributed by atoms with Gasteiger partial charge in [-0.25, -0.2) is 0 Å². The number of para-hydroxylation sites is 1. The molecule has 3 rings (SSSR count). The van der Waals surface area contributed by atoms with Crippen LogP contribution in [0.2, 0.25) is 0 Å². The van der Waals surface area contributed by atoms with Crippen LogP contribution in [0, 0.1) is 0 Å². The maximum atomic E-state index is 12.6. The van der Waals surface area contributed by atoms with Crippen LogP contribution in [-0.4, -0.2) is 18.6 Å². The van der Waals surface area contributed by atoms with Crippen molar-refractivity contribution >= 4 is 11.6 Å². The van der Waals surface area contributed by atoms with Gasteiger partial charge in [-0.2, -0.15) is 0 Å². The Bertz CT molecular complexity index is 611. The molecule has 0 bridgehead atoms. The second-order valence-corrected chi connectivity index (χ2v) is 5.22. The molecule has 1 aliphatic heterocycles. The number of carbonyl (C=O) groups is 1. The number of hydrogen-bond acceptors (Lipinski definition) is 2. The van der Waals surface area contributed by atoms with Crippen molar-refractivity contribution in [3.05, 3.63) is 66.2 Å². The number of rotatable bonds is 3. The largest absolute Gasteiger partial charge is 0.351 e. The lowest BCUT2D eigenvalue weighted by atomic mass is 10.00. The fourth-order valence-corrected chi connectivity index (χ4v) is 2.49. The average molecular weight is 267 g/mol. The number of likely N-dealkylation sites (N-methyl/N-ethyl adjacent to an activating group) is 1. The molecular formula is C17H17NO2. The van der Waals surface area contributed by atoms with Crippen LogP contribution in [0.5, 0.6) is 0 Å². The van der Waals surface area contributed by atoms with Crippen molar-refractivity contribution in [2.24, 2.45) is 0 Å². The third-order valence-electron chi connectivity index (χ3n) is 3.78. The van der Waals surface area contributed by atoms with Crippen LogP contribution < -0.4 is 4.90 Å². The molecule has 1 fully saturated rings. The zero-order chi connectivity index (χ0) is 14.2. The molecule has 1 saturated heterocycles. The summed E-state index contributed by atoms with van der Waals surface area (Å²) in [6.07, 6.45) is -0.151. The molecule has 0 N–H and O–H groups in total. The zero-order valence-corrected chi connectivity index (χ0v) is 11.6. The van der Waals surface area contributed by atoms with Crippen molar-refractivity contribution in [2.45, 2.75) is 18.6 Å². The van der Waals surface area contributed by atoms with E-state index in [4.69, 9.17) is 4.74 Å². The molecule has 2 aromatic carbocycles. The lowest BCUT2D eigenvalue weighted by Crippen LogP contribution is -2.37. The van der Waals surface area contributed by atoms with Gasteiger partial charge < -0.3 is 9.64 Å². The van der Waals surface area contributed by atoms with E-state index >= 15 is 0 Å². The van der Waals surface area contributed by atoms with Gasteiger partial charge in [-0.05, 0) is 24.6 Å². The summed E-state index contributed by atoms with van der Waals surface area (Å²) in [5, 5.41) is 0. The van der Waals surface area contributed by atoms with Crippen LogP contribution in [0.25, 0.3) is 0 Å². The van der Waals surface area contributed by atoms with Gasteiger partial charge in [-0.1, -0.05) is 48.5 Å². The van der Waals surface area contributed by atoms with Crippen LogP contribution in [0.4, 0.5) is 5.69 Å². The highest BCUT2D eigenvalue weighted by Gasteiger charge is 2.60. The van der Waals surface area contributed by atoms with Gasteiger partial charge in [0.15, 0.2) is 5.60 Å². The van der Waals surface area contributed by atoms with E-state index in [1.165, 1.54) is 0 Å². The van der Waals surface area contributed by atoms with Crippen LogP contribution >= 0.6 is 0 Å². The molecule has 3 nitrogen and oxygen atoms in total. The van der Waals surface area contributed by atoms with Crippen LogP contribution in [0.1, 0.15) is 18.6 Å². The molecule has 1 heterocycles. The first-order valence-corrected chi connectivity index (χ1v) is 6.69. The van der Waals surface area contributed by atoms with Crippen molar-refractivity contribution in [2.75, 3.05) is 11.9 Å². The Labute approximate surface area is 118 Å². The molecule has 0 radical (unpaired) electrons. The van der Waals surface area contributed by atoms with E-state index < -0.39 is 5.60 Å².